The molecule has 1 aliphatic carbocycles. The highest BCUT2D eigenvalue weighted by Gasteiger charge is 2.45. The van der Waals surface area contributed by atoms with Crippen molar-refractivity contribution in [3.8, 4) is 0 Å². The molecule has 3 rings (SSSR count). The Bertz CT molecular complexity index is 639. The molecule has 0 radical (unpaired) electrons. The van der Waals surface area contributed by atoms with Crippen molar-refractivity contribution in [3.05, 3.63) is 70.8 Å². The summed E-state index contributed by atoms with van der Waals surface area (Å²) >= 11 is 0. The van der Waals surface area contributed by atoms with Gasteiger partial charge in [0.15, 0.2) is 0 Å². The van der Waals surface area contributed by atoms with Gasteiger partial charge in [-0.2, -0.15) is 0 Å². The number of nitrogens with one attached hydrogen (secondary N) is 1. The quantitative estimate of drug-likeness (QED) is 0.882. The van der Waals surface area contributed by atoms with E-state index in [-0.39, 0.29) is 17.5 Å². The fourth-order valence-corrected chi connectivity index (χ4v) is 3.20. The van der Waals surface area contributed by atoms with E-state index in [0.717, 1.165) is 6.42 Å². The van der Waals surface area contributed by atoms with Crippen LogP contribution in [0.3, 0.4) is 0 Å². The van der Waals surface area contributed by atoms with Gasteiger partial charge >= 0.3 is 0 Å². The van der Waals surface area contributed by atoms with Gasteiger partial charge in [-0.1, -0.05) is 36.4 Å². The van der Waals surface area contributed by atoms with Crippen LogP contribution in [-0.4, -0.2) is 7.05 Å². The highest BCUT2D eigenvalue weighted by molar-refractivity contribution is 5.34. The third-order valence-electron chi connectivity index (χ3n) is 4.44. The second-order valence-electron chi connectivity index (χ2n) is 5.78. The summed E-state index contributed by atoms with van der Waals surface area (Å²) in [5.74, 6) is -0.268. The zero-order valence-corrected chi connectivity index (χ0v) is 12.2. The monoisotopic (exact) mass is 287 g/mol. The van der Waals surface area contributed by atoms with E-state index < -0.39 is 11.6 Å². The van der Waals surface area contributed by atoms with Gasteiger partial charge < -0.3 is 5.32 Å². The molecule has 0 aliphatic heterocycles. The Morgan fingerprint density at radius 2 is 1.81 bits per heavy atom. The molecule has 3 unspecified atom stereocenters. The van der Waals surface area contributed by atoms with Crippen molar-refractivity contribution in [1.29, 1.82) is 0 Å². The first-order chi connectivity index (χ1) is 10.1. The van der Waals surface area contributed by atoms with Crippen molar-refractivity contribution < 1.29 is 8.78 Å². The van der Waals surface area contributed by atoms with Gasteiger partial charge in [0.1, 0.15) is 11.6 Å². The van der Waals surface area contributed by atoms with E-state index in [9.17, 15) is 8.78 Å². The molecule has 2 aromatic carbocycles. The Kier molecular flexibility index (Phi) is 3.77. The molecule has 1 nitrogen and oxygen atoms in total. The molecule has 1 saturated carbocycles. The first-order valence-electron chi connectivity index (χ1n) is 7.30. The van der Waals surface area contributed by atoms with E-state index in [1.807, 2.05) is 18.2 Å². The lowest BCUT2D eigenvalue weighted by atomic mass is 9.96. The predicted octanol–water partition coefficient (Wildman–Crippen LogP) is 4.34. The normalized spacial score (nSPS) is 22.1. The maximum Gasteiger partial charge on any atom is 0.133 e. The van der Waals surface area contributed by atoms with E-state index in [1.165, 1.54) is 17.7 Å². The molecular weight excluding hydrogens is 268 g/mol. The van der Waals surface area contributed by atoms with Crippen LogP contribution in [0.4, 0.5) is 8.78 Å². The summed E-state index contributed by atoms with van der Waals surface area (Å²) in [4.78, 5) is 0. The summed E-state index contributed by atoms with van der Waals surface area (Å²) in [6.45, 7) is 1.67. The summed E-state index contributed by atoms with van der Waals surface area (Å²) in [5, 5.41) is 3.11. The molecule has 3 atom stereocenters. The molecule has 2 aromatic rings. The van der Waals surface area contributed by atoms with E-state index in [4.69, 9.17) is 0 Å². The van der Waals surface area contributed by atoms with Gasteiger partial charge in [-0.25, -0.2) is 8.78 Å². The molecule has 1 fully saturated rings. The Labute approximate surface area is 124 Å². The summed E-state index contributed by atoms with van der Waals surface area (Å²) in [6.07, 6.45) is 0.961. The largest absolute Gasteiger partial charge is 0.313 e. The van der Waals surface area contributed by atoms with Crippen LogP contribution >= 0.6 is 0 Å². The maximum absolute atomic E-state index is 14.3. The van der Waals surface area contributed by atoms with Crippen molar-refractivity contribution in [3.63, 3.8) is 0 Å². The average Bonchev–Trinajstić information content (AvgIpc) is 3.29. The molecule has 0 heterocycles. The van der Waals surface area contributed by atoms with Crippen molar-refractivity contribution in [2.24, 2.45) is 5.92 Å². The Morgan fingerprint density at radius 3 is 2.48 bits per heavy atom. The number of rotatable bonds is 4. The van der Waals surface area contributed by atoms with E-state index in [1.54, 1.807) is 14.0 Å². The van der Waals surface area contributed by atoms with Gasteiger partial charge in [0, 0.05) is 11.6 Å². The van der Waals surface area contributed by atoms with Crippen LogP contribution in [0, 0.1) is 24.5 Å². The van der Waals surface area contributed by atoms with Gasteiger partial charge in [0.05, 0.1) is 0 Å². The Balaban J connectivity index is 1.90. The maximum atomic E-state index is 14.3. The van der Waals surface area contributed by atoms with E-state index in [0.29, 0.717) is 11.5 Å². The molecule has 0 bridgehead atoms. The minimum atomic E-state index is -0.462. The lowest BCUT2D eigenvalue weighted by Crippen LogP contribution is -2.22. The third kappa shape index (κ3) is 2.58. The molecule has 0 amide bonds. The number of benzene rings is 2. The molecule has 110 valence electrons. The molecule has 0 spiro atoms. The number of aryl methyl sites for hydroxylation is 1. The lowest BCUT2D eigenvalue weighted by Gasteiger charge is -2.19. The number of hydrogen-bond donors (Lipinski definition) is 1. The van der Waals surface area contributed by atoms with Gasteiger partial charge in [0.25, 0.3) is 0 Å². The Morgan fingerprint density at radius 1 is 1.10 bits per heavy atom. The van der Waals surface area contributed by atoms with Crippen LogP contribution in [-0.2, 0) is 0 Å². The van der Waals surface area contributed by atoms with Crippen LogP contribution < -0.4 is 5.32 Å². The minimum Gasteiger partial charge on any atom is -0.313 e. The van der Waals surface area contributed by atoms with Gasteiger partial charge in [-0.15, -0.1) is 0 Å². The van der Waals surface area contributed by atoms with E-state index >= 15 is 0 Å². The minimum absolute atomic E-state index is 0.181. The zero-order chi connectivity index (χ0) is 15.0. The molecular formula is C18H19F2N. The molecule has 1 aliphatic rings. The Hall–Kier alpha value is -1.74. The molecule has 3 heteroatoms. The van der Waals surface area contributed by atoms with Gasteiger partial charge in [-0.3, -0.25) is 0 Å². The van der Waals surface area contributed by atoms with Gasteiger partial charge in [-0.05, 0) is 49.4 Å². The second kappa shape index (κ2) is 5.57. The van der Waals surface area contributed by atoms with Gasteiger partial charge in [0.2, 0.25) is 0 Å². The van der Waals surface area contributed by atoms with Crippen LogP contribution in [0.15, 0.2) is 42.5 Å². The highest BCUT2D eigenvalue weighted by Crippen LogP contribution is 2.54. The average molecular weight is 287 g/mol. The zero-order valence-electron chi connectivity index (χ0n) is 12.2. The summed E-state index contributed by atoms with van der Waals surface area (Å²) in [7, 11) is 1.77. The van der Waals surface area contributed by atoms with Crippen LogP contribution in [0.25, 0.3) is 0 Å². The first kappa shape index (κ1) is 14.2. The lowest BCUT2D eigenvalue weighted by molar-refractivity contribution is 0.450. The fourth-order valence-electron chi connectivity index (χ4n) is 3.20. The number of halogens is 2. The predicted molar refractivity (Wildman–Crippen MR) is 80.2 cm³/mol. The fraction of sp³-hybridized carbons (Fsp3) is 0.333. The number of hydrogen-bond acceptors (Lipinski definition) is 1. The van der Waals surface area contributed by atoms with Crippen LogP contribution in [0.1, 0.15) is 35.1 Å². The first-order valence-corrected chi connectivity index (χ1v) is 7.30. The SMILES string of the molecule is CNC(c1c(F)ccc(C)c1F)C1CC1c1ccccc1. The molecule has 1 N–H and O–H groups in total. The van der Waals surface area contributed by atoms with Crippen LogP contribution in [0.5, 0.6) is 0 Å². The van der Waals surface area contributed by atoms with Crippen LogP contribution in [0.2, 0.25) is 0 Å². The van der Waals surface area contributed by atoms with Crippen molar-refractivity contribution in [2.45, 2.75) is 25.3 Å². The summed E-state index contributed by atoms with van der Waals surface area (Å²) in [6, 6.07) is 12.7. The van der Waals surface area contributed by atoms with Crippen molar-refractivity contribution >= 4 is 0 Å². The molecule has 0 saturated heterocycles. The third-order valence-corrected chi connectivity index (χ3v) is 4.44. The highest BCUT2D eigenvalue weighted by atomic mass is 19.1. The van der Waals surface area contributed by atoms with Crippen molar-refractivity contribution in [1.82, 2.24) is 5.32 Å². The smallest absolute Gasteiger partial charge is 0.133 e. The molecule has 21 heavy (non-hydrogen) atoms. The summed E-state index contributed by atoms with van der Waals surface area (Å²) < 4.78 is 28.4. The molecule has 0 aromatic heterocycles. The van der Waals surface area contributed by atoms with Crippen molar-refractivity contribution in [2.75, 3.05) is 7.05 Å². The topological polar surface area (TPSA) is 12.0 Å². The standard InChI is InChI=1S/C18H19F2N/c1-11-8-9-15(19)16(17(11)20)18(21-2)14-10-13(14)12-6-4-3-5-7-12/h3-9,13-14,18,21H,10H2,1-2H3. The summed E-state index contributed by atoms with van der Waals surface area (Å²) in [5.41, 5.74) is 1.92. The second-order valence-corrected chi connectivity index (χ2v) is 5.78. The van der Waals surface area contributed by atoms with E-state index in [2.05, 4.69) is 17.4 Å².